The summed E-state index contributed by atoms with van der Waals surface area (Å²) in [6.07, 6.45) is 0. The van der Waals surface area contributed by atoms with Gasteiger partial charge in [-0.3, -0.25) is 9.69 Å². The molecular formula is C13H20N4O3S. The molecule has 0 radical (unpaired) electrons. The second-order valence-corrected chi connectivity index (χ2v) is 6.33. The number of nitrogens with one attached hydrogen (secondary N) is 1. The van der Waals surface area contributed by atoms with Crippen LogP contribution >= 0.6 is 11.3 Å². The highest BCUT2D eigenvalue weighted by Crippen LogP contribution is 2.24. The summed E-state index contributed by atoms with van der Waals surface area (Å²) in [6, 6.07) is 0.335. The quantitative estimate of drug-likeness (QED) is 0.774. The first-order chi connectivity index (χ1) is 9.88. The molecule has 2 heterocycles. The van der Waals surface area contributed by atoms with E-state index in [0.29, 0.717) is 17.7 Å². The number of aromatic nitrogens is 1. The summed E-state index contributed by atoms with van der Waals surface area (Å²) < 4.78 is 0. The Morgan fingerprint density at radius 3 is 2.71 bits per heavy atom. The fourth-order valence-electron chi connectivity index (χ4n) is 2.31. The third-order valence-electron chi connectivity index (χ3n) is 3.62. The zero-order valence-electron chi connectivity index (χ0n) is 12.4. The molecule has 1 fully saturated rings. The normalized spacial score (nSPS) is 20.4. The molecule has 1 aliphatic rings. The van der Waals surface area contributed by atoms with Gasteiger partial charge in [-0.15, -0.1) is 0 Å². The molecule has 8 heteroatoms. The minimum atomic E-state index is -1.17. The van der Waals surface area contributed by atoms with Crippen LogP contribution in [0.4, 0.5) is 5.13 Å². The van der Waals surface area contributed by atoms with E-state index in [2.05, 4.69) is 34.2 Å². The number of hydrogen-bond acceptors (Lipinski definition) is 7. The highest BCUT2D eigenvalue weighted by molar-refractivity contribution is 7.17. The number of carbonyl (C=O) groups excluding carboxylic acids is 1. The predicted molar refractivity (Wildman–Crippen MR) is 81.5 cm³/mol. The molecule has 21 heavy (non-hydrogen) atoms. The van der Waals surface area contributed by atoms with Crippen molar-refractivity contribution in [2.24, 2.45) is 0 Å². The van der Waals surface area contributed by atoms with Crippen molar-refractivity contribution in [1.29, 1.82) is 0 Å². The smallest absolute Gasteiger partial charge is 0.356 e. The SMILES string of the molecule is CC(=O)c1sc(NCC2CN(C)CCN2C)nc1C(=O)O. The van der Waals surface area contributed by atoms with Gasteiger partial charge in [0.15, 0.2) is 16.6 Å². The average molecular weight is 312 g/mol. The van der Waals surface area contributed by atoms with E-state index in [0.717, 1.165) is 31.0 Å². The van der Waals surface area contributed by atoms with E-state index in [-0.39, 0.29) is 16.4 Å². The maximum atomic E-state index is 11.4. The van der Waals surface area contributed by atoms with Crippen LogP contribution in [0.3, 0.4) is 0 Å². The van der Waals surface area contributed by atoms with Crippen LogP contribution in [0.15, 0.2) is 0 Å². The van der Waals surface area contributed by atoms with Gasteiger partial charge in [-0.1, -0.05) is 11.3 Å². The molecule has 116 valence electrons. The number of ketones is 1. The summed E-state index contributed by atoms with van der Waals surface area (Å²) in [6.45, 7) is 5.01. The Morgan fingerprint density at radius 2 is 2.14 bits per heavy atom. The second-order valence-electron chi connectivity index (χ2n) is 5.34. The van der Waals surface area contributed by atoms with E-state index < -0.39 is 5.97 Å². The molecule has 1 aliphatic heterocycles. The van der Waals surface area contributed by atoms with Gasteiger partial charge in [0.05, 0.1) is 0 Å². The monoisotopic (exact) mass is 312 g/mol. The van der Waals surface area contributed by atoms with E-state index >= 15 is 0 Å². The van der Waals surface area contributed by atoms with Gasteiger partial charge in [0.25, 0.3) is 0 Å². The van der Waals surface area contributed by atoms with Crippen molar-refractivity contribution in [2.45, 2.75) is 13.0 Å². The summed E-state index contributed by atoms with van der Waals surface area (Å²) in [4.78, 5) is 31.3. The molecule has 7 nitrogen and oxygen atoms in total. The number of likely N-dealkylation sites (N-methyl/N-ethyl adjacent to an activating group) is 2. The first-order valence-corrected chi connectivity index (χ1v) is 7.58. The van der Waals surface area contributed by atoms with Crippen LogP contribution in [0, 0.1) is 0 Å². The van der Waals surface area contributed by atoms with Gasteiger partial charge >= 0.3 is 5.97 Å². The molecule has 0 bridgehead atoms. The zero-order valence-corrected chi connectivity index (χ0v) is 13.2. The van der Waals surface area contributed by atoms with Crippen molar-refractivity contribution in [3.8, 4) is 0 Å². The third kappa shape index (κ3) is 3.78. The average Bonchev–Trinajstić information content (AvgIpc) is 2.84. The minimum absolute atomic E-state index is 0.163. The lowest BCUT2D eigenvalue weighted by atomic mass is 10.2. The molecular weight excluding hydrogens is 292 g/mol. The van der Waals surface area contributed by atoms with E-state index in [4.69, 9.17) is 5.11 Å². The number of Topliss-reactive ketones (excluding diaryl/α,β-unsaturated/α-hetero) is 1. The number of hydrogen-bond donors (Lipinski definition) is 2. The topological polar surface area (TPSA) is 85.8 Å². The number of carboxylic acids is 1. The number of rotatable bonds is 5. The van der Waals surface area contributed by atoms with Crippen LogP contribution in [0.1, 0.15) is 27.1 Å². The Labute approximate surface area is 127 Å². The van der Waals surface area contributed by atoms with Crippen molar-refractivity contribution in [2.75, 3.05) is 45.6 Å². The fraction of sp³-hybridized carbons (Fsp3) is 0.615. The maximum Gasteiger partial charge on any atom is 0.356 e. The first-order valence-electron chi connectivity index (χ1n) is 6.76. The molecule has 1 saturated heterocycles. The van der Waals surface area contributed by atoms with Crippen molar-refractivity contribution < 1.29 is 14.7 Å². The molecule has 2 N–H and O–H groups in total. The van der Waals surface area contributed by atoms with Gasteiger partial charge in [0.1, 0.15) is 4.88 Å². The van der Waals surface area contributed by atoms with Gasteiger partial charge in [0, 0.05) is 39.1 Å². The summed E-state index contributed by atoms with van der Waals surface area (Å²) in [5, 5.41) is 12.7. The van der Waals surface area contributed by atoms with Crippen molar-refractivity contribution in [1.82, 2.24) is 14.8 Å². The number of carbonyl (C=O) groups is 2. The number of anilines is 1. The lowest BCUT2D eigenvalue weighted by molar-refractivity contribution is 0.0687. The largest absolute Gasteiger partial charge is 0.476 e. The molecule has 0 saturated carbocycles. The number of nitrogens with zero attached hydrogens (tertiary/aromatic N) is 3. The van der Waals surface area contributed by atoms with Crippen molar-refractivity contribution in [3.05, 3.63) is 10.6 Å². The van der Waals surface area contributed by atoms with Gasteiger partial charge in [-0.25, -0.2) is 9.78 Å². The lowest BCUT2D eigenvalue weighted by Crippen LogP contribution is -2.52. The maximum absolute atomic E-state index is 11.4. The van der Waals surface area contributed by atoms with Crippen LogP contribution in [-0.4, -0.2) is 78.0 Å². The van der Waals surface area contributed by atoms with Crippen LogP contribution in [0.2, 0.25) is 0 Å². The van der Waals surface area contributed by atoms with Gasteiger partial charge < -0.3 is 15.3 Å². The number of aromatic carboxylic acids is 1. The third-order valence-corrected chi connectivity index (χ3v) is 4.73. The molecule has 0 spiro atoms. The second kappa shape index (κ2) is 6.50. The van der Waals surface area contributed by atoms with E-state index in [1.165, 1.54) is 6.92 Å². The minimum Gasteiger partial charge on any atom is -0.476 e. The molecule has 2 rings (SSSR count). The Morgan fingerprint density at radius 1 is 1.43 bits per heavy atom. The highest BCUT2D eigenvalue weighted by atomic mass is 32.1. The molecule has 0 aromatic carbocycles. The fourth-order valence-corrected chi connectivity index (χ4v) is 3.17. The van der Waals surface area contributed by atoms with Crippen LogP contribution in [-0.2, 0) is 0 Å². The van der Waals surface area contributed by atoms with Gasteiger partial charge in [-0.2, -0.15) is 0 Å². The molecule has 1 aromatic heterocycles. The van der Waals surface area contributed by atoms with Crippen molar-refractivity contribution in [3.63, 3.8) is 0 Å². The summed E-state index contributed by atoms with van der Waals surface area (Å²) in [5.41, 5.74) is -0.163. The standard InChI is InChI=1S/C13H20N4O3S/c1-8(18)11-10(12(19)20)15-13(21-11)14-6-9-7-16(2)4-5-17(9)3/h9H,4-7H2,1-3H3,(H,14,15)(H,19,20). The predicted octanol–water partition coefficient (Wildman–Crippen LogP) is 0.702. The summed E-state index contributed by atoms with van der Waals surface area (Å²) in [5.74, 6) is -1.44. The number of carboxylic acid groups (broad SMARTS) is 1. The lowest BCUT2D eigenvalue weighted by Gasteiger charge is -2.37. The molecule has 1 aromatic rings. The Hall–Kier alpha value is -1.51. The molecule has 1 unspecified atom stereocenters. The van der Waals surface area contributed by atoms with Crippen LogP contribution in [0.25, 0.3) is 0 Å². The zero-order chi connectivity index (χ0) is 15.6. The Balaban J connectivity index is 2.04. The first kappa shape index (κ1) is 15.9. The number of thiazole rings is 1. The molecule has 1 atom stereocenters. The van der Waals surface area contributed by atoms with Gasteiger partial charge in [-0.05, 0) is 14.1 Å². The Bertz CT molecular complexity index is 514. The molecule has 0 aliphatic carbocycles. The van der Waals surface area contributed by atoms with E-state index in [1.807, 2.05) is 0 Å². The summed E-state index contributed by atoms with van der Waals surface area (Å²) in [7, 11) is 4.16. The van der Waals surface area contributed by atoms with Gasteiger partial charge in [0.2, 0.25) is 0 Å². The van der Waals surface area contributed by atoms with E-state index in [9.17, 15) is 9.59 Å². The highest BCUT2D eigenvalue weighted by Gasteiger charge is 2.24. The Kier molecular flexibility index (Phi) is 4.92. The van der Waals surface area contributed by atoms with E-state index in [1.54, 1.807) is 0 Å². The van der Waals surface area contributed by atoms with Crippen LogP contribution < -0.4 is 5.32 Å². The number of piperazine rings is 1. The van der Waals surface area contributed by atoms with Crippen molar-refractivity contribution >= 4 is 28.2 Å². The summed E-state index contributed by atoms with van der Waals surface area (Å²) >= 11 is 1.10. The molecule has 0 amide bonds. The van der Waals surface area contributed by atoms with Crippen LogP contribution in [0.5, 0.6) is 0 Å².